The Morgan fingerprint density at radius 2 is 1.73 bits per heavy atom. The molecule has 340 valence electrons. The second kappa shape index (κ2) is 20.4. The number of carbonyl (C=O) groups is 2. The summed E-state index contributed by atoms with van der Waals surface area (Å²) in [5.41, 5.74) is 4.65. The van der Waals surface area contributed by atoms with Crippen molar-refractivity contribution in [2.45, 2.75) is 109 Å². The number of anilines is 1. The maximum atomic E-state index is 13.8. The minimum absolute atomic E-state index is 0.00166. The van der Waals surface area contributed by atoms with E-state index in [1.54, 1.807) is 0 Å². The number of carboxylic acid groups (broad SMARTS) is 1. The highest BCUT2D eigenvalue weighted by Gasteiger charge is 2.60. The minimum Gasteiger partial charge on any atom is -0.504 e. The molecule has 11 N–H and O–H groups in total. The highest BCUT2D eigenvalue weighted by Crippen LogP contribution is 2.51. The normalized spacial score (nSPS) is 23.1. The van der Waals surface area contributed by atoms with E-state index in [4.69, 9.17) is 34.2 Å². The van der Waals surface area contributed by atoms with Crippen molar-refractivity contribution in [1.82, 2.24) is 5.32 Å². The van der Waals surface area contributed by atoms with Crippen LogP contribution in [-0.4, -0.2) is 124 Å². The van der Waals surface area contributed by atoms with Crippen LogP contribution in [0.1, 0.15) is 84.4 Å². The lowest BCUT2D eigenvalue weighted by molar-refractivity contribution is -0.357. The summed E-state index contributed by atoms with van der Waals surface area (Å²) < 4.78 is 34.7. The molecule has 0 aliphatic carbocycles. The molecule has 0 bridgehead atoms. The van der Waals surface area contributed by atoms with E-state index in [-0.39, 0.29) is 65.8 Å². The SMILES string of the molecule is CCc1cccc(CCOc2c(O)c(OC)c3c(c2O)C(=O)O[C@@H](O)[C@@]2(CC3)O[C@@H](Oc3cc(N[C@H](C)CCC(C)C)c(C(=O)O)cc3OCNC(N)=NC)[C@H](O)[C@@H](O)[C@@H]2O)c1. The summed E-state index contributed by atoms with van der Waals surface area (Å²) in [6.45, 7) is 7.67. The predicted octanol–water partition coefficient (Wildman–Crippen LogP) is 2.77. The number of nitrogens with zero attached hydrogens (tertiary/aromatic N) is 1. The van der Waals surface area contributed by atoms with E-state index in [0.717, 1.165) is 24.0 Å². The molecule has 1 fully saturated rings. The van der Waals surface area contributed by atoms with Gasteiger partial charge in [0.05, 0.1) is 25.0 Å². The average molecular weight is 871 g/mol. The van der Waals surface area contributed by atoms with E-state index in [1.165, 1.54) is 26.3 Å². The number of nitrogens with two attached hydrogens (primary N) is 1. The van der Waals surface area contributed by atoms with E-state index in [2.05, 4.69) is 29.5 Å². The number of phenolic OH excluding ortho intramolecular Hbond substituents is 2. The zero-order chi connectivity index (χ0) is 45.5. The van der Waals surface area contributed by atoms with Crippen molar-refractivity contribution < 1.29 is 73.8 Å². The number of aromatic carboxylic acids is 1. The van der Waals surface area contributed by atoms with Crippen molar-refractivity contribution in [1.29, 1.82) is 0 Å². The van der Waals surface area contributed by atoms with Crippen molar-refractivity contribution in [3.8, 4) is 34.5 Å². The van der Waals surface area contributed by atoms with Crippen LogP contribution in [-0.2, 0) is 28.7 Å². The number of ether oxygens (including phenoxy) is 6. The van der Waals surface area contributed by atoms with Gasteiger partial charge in [0.25, 0.3) is 0 Å². The Bertz CT molecular complexity index is 2100. The summed E-state index contributed by atoms with van der Waals surface area (Å²) in [6.07, 6.45) is -8.70. The topological polar surface area (TPSA) is 294 Å². The Morgan fingerprint density at radius 3 is 2.39 bits per heavy atom. The van der Waals surface area contributed by atoms with Crippen LogP contribution in [0.15, 0.2) is 41.4 Å². The Hall–Kier alpha value is -5.73. The molecule has 7 atom stereocenters. The molecule has 0 radical (unpaired) electrons. The van der Waals surface area contributed by atoms with Crippen LogP contribution in [0.25, 0.3) is 0 Å². The maximum Gasteiger partial charge on any atom is 0.344 e. The van der Waals surface area contributed by atoms with Crippen LogP contribution in [0.5, 0.6) is 34.5 Å². The fourth-order valence-corrected chi connectivity index (χ4v) is 7.39. The first-order valence-corrected chi connectivity index (χ1v) is 20.4. The van der Waals surface area contributed by atoms with Gasteiger partial charge >= 0.3 is 11.9 Å². The van der Waals surface area contributed by atoms with Crippen LogP contribution in [0.3, 0.4) is 0 Å². The van der Waals surface area contributed by atoms with Gasteiger partial charge in [-0.2, -0.15) is 0 Å². The molecule has 62 heavy (non-hydrogen) atoms. The van der Waals surface area contributed by atoms with Crippen molar-refractivity contribution >= 4 is 23.6 Å². The maximum absolute atomic E-state index is 13.8. The third-order valence-corrected chi connectivity index (χ3v) is 11.0. The Labute approximate surface area is 359 Å². The number of carboxylic acids is 1. The lowest BCUT2D eigenvalue weighted by atomic mass is 9.80. The number of nitrogens with one attached hydrogen (secondary N) is 2. The first-order chi connectivity index (χ1) is 29.5. The molecule has 0 aromatic heterocycles. The van der Waals surface area contributed by atoms with Crippen molar-refractivity contribution in [3.05, 3.63) is 64.2 Å². The van der Waals surface area contributed by atoms with Gasteiger partial charge in [-0.25, -0.2) is 9.59 Å². The van der Waals surface area contributed by atoms with Gasteiger partial charge in [-0.3, -0.25) is 4.99 Å². The fraction of sp³-hybridized carbons (Fsp3) is 0.512. The molecule has 1 saturated heterocycles. The number of benzene rings is 3. The Balaban J connectivity index is 1.49. The number of aliphatic hydroxyl groups is 4. The summed E-state index contributed by atoms with van der Waals surface area (Å²) in [4.78, 5) is 30.1. The molecule has 2 aliphatic heterocycles. The quantitative estimate of drug-likeness (QED) is 0.0404. The molecule has 2 heterocycles. The lowest BCUT2D eigenvalue weighted by Gasteiger charge is -2.50. The molecule has 5 rings (SSSR count). The van der Waals surface area contributed by atoms with Gasteiger partial charge in [-0.1, -0.05) is 45.0 Å². The van der Waals surface area contributed by atoms with E-state index in [9.17, 15) is 45.3 Å². The summed E-state index contributed by atoms with van der Waals surface area (Å²) >= 11 is 0. The predicted molar refractivity (Wildman–Crippen MR) is 224 cm³/mol. The van der Waals surface area contributed by atoms with Crippen molar-refractivity contribution in [2.24, 2.45) is 16.6 Å². The molecule has 2 aliphatic rings. The second-order valence-electron chi connectivity index (χ2n) is 15.7. The standard InChI is InChI=1S/C43H58N4O15/c1-7-23-9-8-10-24(17-23)14-16-58-36-31(48)30-25(35(57-6)34(36)51)13-15-43(41(56)61-39(30)55)37(52)32(49)33(50)40(62-43)60-29-19-27(47-22(4)12-11-21(2)3)26(38(53)54)18-28(29)59-20-46-42(44)45-5/h8-10,17-19,21-22,32-33,37,40-41,47-52,56H,7,11-16,20H2,1-6H3,(H,53,54)(H3,44,45,46)/t22-,32-,33-,37+,40-,41-,43+/m1/s1. The number of hydrogen-bond donors (Lipinski definition) is 10. The number of esters is 1. The lowest BCUT2D eigenvalue weighted by Crippen LogP contribution is -2.70. The summed E-state index contributed by atoms with van der Waals surface area (Å²) in [7, 11) is 2.64. The Kier molecular flexibility index (Phi) is 15.6. The number of aryl methyl sites for hydroxylation is 1. The third-order valence-electron chi connectivity index (χ3n) is 11.0. The molecular weight excluding hydrogens is 812 g/mol. The molecule has 1 spiro atoms. The van der Waals surface area contributed by atoms with Gasteiger partial charge in [0.1, 0.15) is 23.9 Å². The smallest absolute Gasteiger partial charge is 0.344 e. The number of aliphatic hydroxyl groups excluding tert-OH is 4. The number of guanidine groups is 1. The summed E-state index contributed by atoms with van der Waals surface area (Å²) in [6, 6.07) is 10.0. The highest BCUT2D eigenvalue weighted by molar-refractivity contribution is 5.97. The van der Waals surface area contributed by atoms with Gasteiger partial charge in [0.15, 0.2) is 41.3 Å². The van der Waals surface area contributed by atoms with Crippen LogP contribution < -0.4 is 35.3 Å². The summed E-state index contributed by atoms with van der Waals surface area (Å²) in [5, 5.41) is 84.3. The number of aromatic hydroxyl groups is 2. The first-order valence-electron chi connectivity index (χ1n) is 20.4. The number of cyclic esters (lactones) is 1. The minimum atomic E-state index is -2.43. The Morgan fingerprint density at radius 1 is 1.00 bits per heavy atom. The number of aliphatic imine (C=N–C) groups is 1. The molecule has 19 nitrogen and oxygen atoms in total. The average Bonchev–Trinajstić information content (AvgIpc) is 3.23. The molecule has 19 heteroatoms. The molecular formula is C43H58N4O15. The monoisotopic (exact) mass is 870 g/mol. The zero-order valence-electron chi connectivity index (χ0n) is 35.6. The van der Waals surface area contributed by atoms with Crippen LogP contribution in [0.4, 0.5) is 5.69 Å². The number of carbonyl (C=O) groups excluding carboxylic acids is 1. The molecule has 0 amide bonds. The van der Waals surface area contributed by atoms with E-state index in [0.29, 0.717) is 18.8 Å². The van der Waals surface area contributed by atoms with Crippen LogP contribution in [0, 0.1) is 5.92 Å². The van der Waals surface area contributed by atoms with Gasteiger partial charge in [0, 0.05) is 37.2 Å². The van der Waals surface area contributed by atoms with E-state index < -0.39 is 77.7 Å². The third kappa shape index (κ3) is 10.3. The molecule has 0 unspecified atom stereocenters. The molecule has 3 aromatic carbocycles. The molecule has 0 saturated carbocycles. The van der Waals surface area contributed by atoms with Gasteiger partial charge in [0.2, 0.25) is 24.1 Å². The number of rotatable bonds is 17. The number of methoxy groups -OCH3 is 1. The van der Waals surface area contributed by atoms with Crippen molar-refractivity contribution in [2.75, 3.05) is 32.8 Å². The van der Waals surface area contributed by atoms with Crippen LogP contribution >= 0.6 is 0 Å². The van der Waals surface area contributed by atoms with Crippen LogP contribution in [0.2, 0.25) is 0 Å². The van der Waals surface area contributed by atoms with Crippen molar-refractivity contribution in [3.63, 3.8) is 0 Å². The van der Waals surface area contributed by atoms with Gasteiger partial charge in [-0.15, -0.1) is 0 Å². The number of fused-ring (bicyclic) bond motifs is 1. The molecule has 3 aromatic rings. The summed E-state index contributed by atoms with van der Waals surface area (Å²) in [5.74, 6) is -4.85. The van der Waals surface area contributed by atoms with Gasteiger partial charge in [-0.05, 0) is 56.1 Å². The highest BCUT2D eigenvalue weighted by atomic mass is 16.7. The number of hydrogen-bond acceptors (Lipinski definition) is 16. The largest absolute Gasteiger partial charge is 0.504 e. The first kappa shape index (κ1) is 47.3. The zero-order valence-corrected chi connectivity index (χ0v) is 35.6. The van der Waals surface area contributed by atoms with E-state index in [1.807, 2.05) is 38.1 Å². The van der Waals surface area contributed by atoms with E-state index >= 15 is 0 Å². The fourth-order valence-electron chi connectivity index (χ4n) is 7.39. The number of phenols is 2. The second-order valence-corrected chi connectivity index (χ2v) is 15.7. The van der Waals surface area contributed by atoms with Gasteiger partial charge < -0.3 is 80.5 Å².